The summed E-state index contributed by atoms with van der Waals surface area (Å²) < 4.78 is 13.0. The van der Waals surface area contributed by atoms with Gasteiger partial charge in [0, 0.05) is 11.8 Å². The molecule has 3 nitrogen and oxygen atoms in total. The molecule has 0 aliphatic rings. The van der Waals surface area contributed by atoms with Crippen molar-refractivity contribution in [2.24, 2.45) is 0 Å². The largest absolute Gasteiger partial charge is 0.391 e. The first-order valence-corrected chi connectivity index (χ1v) is 6.47. The molecule has 1 aromatic carbocycles. The first-order valence-electron chi connectivity index (χ1n) is 5.65. The van der Waals surface area contributed by atoms with E-state index in [1.165, 1.54) is 29.8 Å². The van der Waals surface area contributed by atoms with Crippen molar-refractivity contribution in [1.82, 2.24) is 9.97 Å². The highest BCUT2D eigenvalue weighted by Gasteiger charge is 2.12. The SMILES string of the molecule is Nc1cc(-c2ccc(F)cc2)c(-c2ccncn2)s1. The Morgan fingerprint density at radius 1 is 1.11 bits per heavy atom. The van der Waals surface area contributed by atoms with Crippen LogP contribution < -0.4 is 5.73 Å². The molecule has 0 unspecified atom stereocenters. The van der Waals surface area contributed by atoms with E-state index in [1.54, 1.807) is 18.3 Å². The first kappa shape index (κ1) is 11.8. The van der Waals surface area contributed by atoms with E-state index in [-0.39, 0.29) is 5.82 Å². The van der Waals surface area contributed by atoms with E-state index in [4.69, 9.17) is 5.73 Å². The van der Waals surface area contributed by atoms with Crippen LogP contribution in [-0.2, 0) is 0 Å². The molecule has 0 spiro atoms. The van der Waals surface area contributed by atoms with E-state index in [2.05, 4.69) is 9.97 Å². The van der Waals surface area contributed by atoms with Crippen LogP contribution in [0.1, 0.15) is 0 Å². The number of thiophene rings is 1. The molecule has 0 aliphatic carbocycles. The summed E-state index contributed by atoms with van der Waals surface area (Å²) in [7, 11) is 0. The summed E-state index contributed by atoms with van der Waals surface area (Å²) in [5.41, 5.74) is 8.58. The van der Waals surface area contributed by atoms with Crippen molar-refractivity contribution in [2.45, 2.75) is 0 Å². The molecule has 0 atom stereocenters. The zero-order chi connectivity index (χ0) is 13.2. The summed E-state index contributed by atoms with van der Waals surface area (Å²) in [6, 6.07) is 10.1. The number of anilines is 1. The number of benzene rings is 1. The second-order valence-corrected chi connectivity index (χ2v) is 5.08. The molecule has 0 aliphatic heterocycles. The third-order valence-electron chi connectivity index (χ3n) is 2.72. The van der Waals surface area contributed by atoms with Crippen molar-refractivity contribution in [1.29, 1.82) is 0 Å². The summed E-state index contributed by atoms with van der Waals surface area (Å²) in [6.45, 7) is 0. The smallest absolute Gasteiger partial charge is 0.123 e. The van der Waals surface area contributed by atoms with Crippen LogP contribution in [-0.4, -0.2) is 9.97 Å². The summed E-state index contributed by atoms with van der Waals surface area (Å²) in [4.78, 5) is 9.10. The maximum Gasteiger partial charge on any atom is 0.123 e. The van der Waals surface area contributed by atoms with Gasteiger partial charge in [-0.3, -0.25) is 0 Å². The summed E-state index contributed by atoms with van der Waals surface area (Å²) in [5.74, 6) is -0.254. The first-order chi connectivity index (χ1) is 9.24. The average molecular weight is 271 g/mol. The fourth-order valence-electron chi connectivity index (χ4n) is 1.87. The Hall–Kier alpha value is -2.27. The van der Waals surface area contributed by atoms with Gasteiger partial charge in [0.05, 0.1) is 15.6 Å². The van der Waals surface area contributed by atoms with Crippen LogP contribution in [0.3, 0.4) is 0 Å². The van der Waals surface area contributed by atoms with Crippen LogP contribution in [0.15, 0.2) is 48.9 Å². The lowest BCUT2D eigenvalue weighted by Gasteiger charge is -2.03. The van der Waals surface area contributed by atoms with E-state index in [9.17, 15) is 4.39 Å². The fraction of sp³-hybridized carbons (Fsp3) is 0. The molecule has 0 bridgehead atoms. The van der Waals surface area contributed by atoms with Gasteiger partial charge < -0.3 is 5.73 Å². The van der Waals surface area contributed by atoms with E-state index in [0.29, 0.717) is 5.00 Å². The summed E-state index contributed by atoms with van der Waals surface area (Å²) in [5, 5.41) is 0.702. The lowest BCUT2D eigenvalue weighted by Crippen LogP contribution is -1.84. The number of halogens is 1. The zero-order valence-corrected chi connectivity index (χ0v) is 10.7. The van der Waals surface area contributed by atoms with Crippen LogP contribution in [0.25, 0.3) is 21.7 Å². The van der Waals surface area contributed by atoms with Gasteiger partial charge in [-0.2, -0.15) is 0 Å². The van der Waals surface area contributed by atoms with Crippen molar-refractivity contribution in [2.75, 3.05) is 5.73 Å². The molecular formula is C14H10FN3S. The highest BCUT2D eigenvalue weighted by molar-refractivity contribution is 7.19. The second-order valence-electron chi connectivity index (χ2n) is 3.99. The molecule has 19 heavy (non-hydrogen) atoms. The van der Waals surface area contributed by atoms with E-state index < -0.39 is 0 Å². The molecule has 94 valence electrons. The minimum Gasteiger partial charge on any atom is -0.391 e. The number of hydrogen-bond acceptors (Lipinski definition) is 4. The fourth-order valence-corrected chi connectivity index (χ4v) is 2.79. The molecule has 5 heteroatoms. The molecular weight excluding hydrogens is 261 g/mol. The van der Waals surface area contributed by atoms with E-state index in [0.717, 1.165) is 21.7 Å². The number of aromatic nitrogens is 2. The van der Waals surface area contributed by atoms with Gasteiger partial charge in [-0.1, -0.05) is 12.1 Å². The maximum absolute atomic E-state index is 13.0. The molecule has 3 rings (SSSR count). The number of nitrogens with zero attached hydrogens (tertiary/aromatic N) is 2. The van der Waals surface area contributed by atoms with Crippen molar-refractivity contribution in [3.05, 3.63) is 54.7 Å². The molecule has 2 aromatic heterocycles. The minimum absolute atomic E-state index is 0.254. The van der Waals surface area contributed by atoms with Gasteiger partial charge in [-0.25, -0.2) is 14.4 Å². The van der Waals surface area contributed by atoms with Crippen LogP contribution in [0.4, 0.5) is 9.39 Å². The summed E-state index contributed by atoms with van der Waals surface area (Å²) in [6.07, 6.45) is 3.19. The predicted octanol–water partition coefficient (Wildman–Crippen LogP) is 3.59. The predicted molar refractivity (Wildman–Crippen MR) is 75.2 cm³/mol. The standard InChI is InChI=1S/C14H10FN3S/c15-10-3-1-9(2-4-10)11-7-13(16)19-14(11)12-5-6-17-8-18-12/h1-8H,16H2. The molecule has 0 saturated carbocycles. The Balaban J connectivity index is 2.15. The van der Waals surface area contributed by atoms with Gasteiger partial charge in [-0.05, 0) is 29.8 Å². The van der Waals surface area contributed by atoms with Crippen LogP contribution in [0.5, 0.6) is 0 Å². The quantitative estimate of drug-likeness (QED) is 0.775. The van der Waals surface area contributed by atoms with Crippen molar-refractivity contribution < 1.29 is 4.39 Å². The third kappa shape index (κ3) is 2.32. The Kier molecular flexibility index (Phi) is 2.97. The third-order valence-corrected chi connectivity index (χ3v) is 3.71. The van der Waals surface area contributed by atoms with Gasteiger partial charge in [0.25, 0.3) is 0 Å². The topological polar surface area (TPSA) is 51.8 Å². The normalized spacial score (nSPS) is 10.6. The monoisotopic (exact) mass is 271 g/mol. The lowest BCUT2D eigenvalue weighted by molar-refractivity contribution is 0.628. The highest BCUT2D eigenvalue weighted by Crippen LogP contribution is 2.39. The average Bonchev–Trinajstić information content (AvgIpc) is 2.83. The van der Waals surface area contributed by atoms with E-state index in [1.807, 2.05) is 12.1 Å². The number of nitrogen functional groups attached to an aromatic ring is 1. The number of rotatable bonds is 2. The van der Waals surface area contributed by atoms with Gasteiger partial charge in [-0.15, -0.1) is 11.3 Å². The number of nitrogens with two attached hydrogens (primary N) is 1. The summed E-state index contributed by atoms with van der Waals surface area (Å²) >= 11 is 1.46. The molecule has 2 N–H and O–H groups in total. The Morgan fingerprint density at radius 2 is 1.89 bits per heavy atom. The lowest BCUT2D eigenvalue weighted by atomic mass is 10.1. The maximum atomic E-state index is 13.0. The van der Waals surface area contributed by atoms with Gasteiger partial charge in [0.1, 0.15) is 12.1 Å². The Bertz CT molecular complexity index is 692. The van der Waals surface area contributed by atoms with Crippen LogP contribution >= 0.6 is 11.3 Å². The molecule has 2 heterocycles. The van der Waals surface area contributed by atoms with Gasteiger partial charge in [0.2, 0.25) is 0 Å². The van der Waals surface area contributed by atoms with Gasteiger partial charge >= 0.3 is 0 Å². The van der Waals surface area contributed by atoms with Crippen molar-refractivity contribution in [3.8, 4) is 21.7 Å². The minimum atomic E-state index is -0.254. The number of hydrogen-bond donors (Lipinski definition) is 1. The van der Waals surface area contributed by atoms with Crippen LogP contribution in [0, 0.1) is 5.82 Å². The van der Waals surface area contributed by atoms with Crippen molar-refractivity contribution in [3.63, 3.8) is 0 Å². The van der Waals surface area contributed by atoms with Gasteiger partial charge in [0.15, 0.2) is 0 Å². The van der Waals surface area contributed by atoms with Crippen molar-refractivity contribution >= 4 is 16.3 Å². The highest BCUT2D eigenvalue weighted by atomic mass is 32.1. The molecule has 3 aromatic rings. The second kappa shape index (κ2) is 4.78. The molecule has 0 saturated heterocycles. The Labute approximate surface area is 113 Å². The molecule has 0 fully saturated rings. The molecule has 0 radical (unpaired) electrons. The zero-order valence-electron chi connectivity index (χ0n) is 9.88. The Morgan fingerprint density at radius 3 is 2.58 bits per heavy atom. The molecule has 0 amide bonds. The van der Waals surface area contributed by atoms with Crippen LogP contribution in [0.2, 0.25) is 0 Å². The van der Waals surface area contributed by atoms with E-state index >= 15 is 0 Å².